The molecule has 0 heterocycles. The fraction of sp³-hybridized carbons (Fsp3) is 0.154. The van der Waals surface area contributed by atoms with Crippen LogP contribution in [-0.4, -0.2) is 32.3 Å². The summed E-state index contributed by atoms with van der Waals surface area (Å²) in [5.74, 6) is 0.874. The molecule has 0 spiro atoms. The summed E-state index contributed by atoms with van der Waals surface area (Å²) in [5.41, 5.74) is 2.77. The van der Waals surface area contributed by atoms with Crippen molar-refractivity contribution in [2.75, 3.05) is 20.3 Å². The summed E-state index contributed by atoms with van der Waals surface area (Å²) in [6.45, 7) is 5.40. The second-order valence-corrected chi connectivity index (χ2v) is 6.93. The van der Waals surface area contributed by atoms with Crippen molar-refractivity contribution in [1.82, 2.24) is 0 Å². The maximum atomic E-state index is 12.4. The zero-order valence-corrected chi connectivity index (χ0v) is 18.0. The van der Waals surface area contributed by atoms with Crippen LogP contribution in [0.5, 0.6) is 17.2 Å². The van der Waals surface area contributed by atoms with Crippen molar-refractivity contribution in [1.29, 1.82) is 0 Å². The first-order valence-corrected chi connectivity index (χ1v) is 9.98. The van der Waals surface area contributed by atoms with Crippen molar-refractivity contribution in [3.8, 4) is 28.4 Å². The molecule has 0 saturated carbocycles. The molecule has 6 nitrogen and oxygen atoms in total. The number of ether oxygens (including phenoxy) is 4. The molecule has 3 aromatic rings. The van der Waals surface area contributed by atoms with Crippen LogP contribution in [0.25, 0.3) is 11.1 Å². The van der Waals surface area contributed by atoms with Gasteiger partial charge in [0.2, 0.25) is 0 Å². The lowest BCUT2D eigenvalue weighted by Gasteiger charge is -2.09. The van der Waals surface area contributed by atoms with Gasteiger partial charge < -0.3 is 18.9 Å². The topological polar surface area (TPSA) is 71.1 Å². The first-order valence-electron chi connectivity index (χ1n) is 9.98. The minimum absolute atomic E-state index is 0.113. The van der Waals surface area contributed by atoms with Crippen LogP contribution in [0.3, 0.4) is 0 Å². The van der Waals surface area contributed by atoms with Crippen molar-refractivity contribution in [3.63, 3.8) is 0 Å². The third kappa shape index (κ3) is 6.22. The molecule has 0 fully saturated rings. The first kappa shape index (κ1) is 22.6. The Balaban J connectivity index is 1.51. The smallest absolute Gasteiger partial charge is 0.343 e. The van der Waals surface area contributed by atoms with E-state index in [2.05, 4.69) is 6.58 Å². The van der Waals surface area contributed by atoms with Crippen LogP contribution in [0.1, 0.15) is 17.3 Å². The van der Waals surface area contributed by atoms with E-state index in [9.17, 15) is 9.59 Å². The molecule has 0 aliphatic heterocycles. The van der Waals surface area contributed by atoms with Crippen LogP contribution in [0, 0.1) is 0 Å². The second kappa shape index (κ2) is 10.8. The van der Waals surface area contributed by atoms with E-state index in [4.69, 9.17) is 18.9 Å². The lowest BCUT2D eigenvalue weighted by atomic mass is 10.1. The Kier molecular flexibility index (Phi) is 7.65. The largest absolute Gasteiger partial charge is 0.497 e. The fourth-order valence-corrected chi connectivity index (χ4v) is 2.77. The van der Waals surface area contributed by atoms with Crippen LogP contribution >= 0.6 is 0 Å². The number of carbonyl (C=O) groups is 2. The van der Waals surface area contributed by atoms with Gasteiger partial charge in [-0.05, 0) is 66.6 Å². The molecule has 0 unspecified atom stereocenters. The zero-order valence-electron chi connectivity index (χ0n) is 18.0. The number of hydrogen-bond donors (Lipinski definition) is 0. The number of benzene rings is 3. The Hall–Kier alpha value is -4.06. The molecule has 0 amide bonds. The molecule has 0 N–H and O–H groups in total. The van der Waals surface area contributed by atoms with Crippen molar-refractivity contribution in [2.45, 2.75) is 6.92 Å². The summed E-state index contributed by atoms with van der Waals surface area (Å²) >= 11 is 0. The average molecular weight is 432 g/mol. The van der Waals surface area contributed by atoms with Gasteiger partial charge in [-0.1, -0.05) is 30.8 Å². The highest BCUT2D eigenvalue weighted by atomic mass is 16.6. The van der Waals surface area contributed by atoms with E-state index in [0.29, 0.717) is 22.6 Å². The molecule has 0 aliphatic rings. The van der Waals surface area contributed by atoms with Gasteiger partial charge in [-0.15, -0.1) is 0 Å². The molecule has 0 atom stereocenters. The number of hydrogen-bond acceptors (Lipinski definition) is 6. The lowest BCUT2D eigenvalue weighted by molar-refractivity contribution is -0.139. The summed E-state index contributed by atoms with van der Waals surface area (Å²) in [4.78, 5) is 23.7. The molecule has 32 heavy (non-hydrogen) atoms. The summed E-state index contributed by atoms with van der Waals surface area (Å²) < 4.78 is 21.1. The number of esters is 2. The van der Waals surface area contributed by atoms with Gasteiger partial charge in [-0.25, -0.2) is 9.59 Å². The quantitative estimate of drug-likeness (QED) is 0.203. The van der Waals surface area contributed by atoms with Gasteiger partial charge >= 0.3 is 11.9 Å². The predicted molar refractivity (Wildman–Crippen MR) is 121 cm³/mol. The average Bonchev–Trinajstić information content (AvgIpc) is 2.82. The van der Waals surface area contributed by atoms with Crippen molar-refractivity contribution in [3.05, 3.63) is 90.5 Å². The van der Waals surface area contributed by atoms with Crippen molar-refractivity contribution >= 4 is 11.9 Å². The molecule has 3 aromatic carbocycles. The Morgan fingerprint density at radius 3 is 1.81 bits per heavy atom. The van der Waals surface area contributed by atoms with Crippen molar-refractivity contribution < 1.29 is 28.5 Å². The summed E-state index contributed by atoms with van der Waals surface area (Å²) in [6.07, 6.45) is 0. The van der Waals surface area contributed by atoms with Crippen LogP contribution in [0.4, 0.5) is 0 Å². The fourth-order valence-electron chi connectivity index (χ4n) is 2.77. The summed E-state index contributed by atoms with van der Waals surface area (Å²) in [5, 5.41) is 0. The van der Waals surface area contributed by atoms with Gasteiger partial charge in [0.05, 0.1) is 12.7 Å². The summed E-state index contributed by atoms with van der Waals surface area (Å²) in [6, 6.07) is 21.5. The first-order chi connectivity index (χ1) is 15.5. The third-order valence-corrected chi connectivity index (χ3v) is 4.51. The standard InChI is InChI=1S/C26H24O6/c1-18(2)25(27)31-17-16-30-23-12-8-21(9-13-23)26(28)32-24-14-6-20(7-15-24)19-4-10-22(29-3)11-5-19/h4-15H,1,16-17H2,2-3H3. The number of rotatable bonds is 9. The molecule has 0 radical (unpaired) electrons. The highest BCUT2D eigenvalue weighted by Crippen LogP contribution is 2.25. The number of carbonyl (C=O) groups excluding carboxylic acids is 2. The van der Waals surface area contributed by atoms with E-state index < -0.39 is 11.9 Å². The Morgan fingerprint density at radius 2 is 1.28 bits per heavy atom. The van der Waals surface area contributed by atoms with Crippen LogP contribution in [0.2, 0.25) is 0 Å². The van der Waals surface area contributed by atoms with Gasteiger partial charge in [0.15, 0.2) is 0 Å². The molecule has 0 aliphatic carbocycles. The maximum absolute atomic E-state index is 12.4. The third-order valence-electron chi connectivity index (χ3n) is 4.51. The molecule has 0 bridgehead atoms. The highest BCUT2D eigenvalue weighted by molar-refractivity contribution is 5.91. The summed E-state index contributed by atoms with van der Waals surface area (Å²) in [7, 11) is 1.63. The predicted octanol–water partition coefficient (Wildman–Crippen LogP) is 5.08. The van der Waals surface area contributed by atoms with Gasteiger partial charge in [0.25, 0.3) is 0 Å². The normalized spacial score (nSPS) is 10.2. The molecular weight excluding hydrogens is 408 g/mol. The lowest BCUT2D eigenvalue weighted by Crippen LogP contribution is -2.12. The van der Waals surface area contributed by atoms with Gasteiger partial charge in [-0.2, -0.15) is 0 Å². The SMILES string of the molecule is C=C(C)C(=O)OCCOc1ccc(C(=O)Oc2ccc(-c3ccc(OC)cc3)cc2)cc1. The monoisotopic (exact) mass is 432 g/mol. The van der Waals surface area contributed by atoms with Gasteiger partial charge in [0, 0.05) is 5.57 Å². The molecule has 164 valence electrons. The molecule has 6 heteroatoms. The molecule has 0 saturated heterocycles. The van der Waals surface area contributed by atoms with E-state index >= 15 is 0 Å². The maximum Gasteiger partial charge on any atom is 0.343 e. The van der Waals surface area contributed by atoms with Crippen molar-refractivity contribution in [2.24, 2.45) is 0 Å². The van der Waals surface area contributed by atoms with Crippen LogP contribution in [-0.2, 0) is 9.53 Å². The number of methoxy groups -OCH3 is 1. The van der Waals surface area contributed by atoms with Crippen LogP contribution in [0.15, 0.2) is 84.9 Å². The van der Waals surface area contributed by atoms with E-state index in [-0.39, 0.29) is 13.2 Å². The molecular formula is C26H24O6. The highest BCUT2D eigenvalue weighted by Gasteiger charge is 2.10. The minimum Gasteiger partial charge on any atom is -0.497 e. The minimum atomic E-state index is -0.468. The van der Waals surface area contributed by atoms with E-state index in [1.54, 1.807) is 50.4 Å². The second-order valence-electron chi connectivity index (χ2n) is 6.93. The molecule has 0 aromatic heterocycles. The Morgan fingerprint density at radius 1 is 0.750 bits per heavy atom. The van der Waals surface area contributed by atoms with Gasteiger partial charge in [0.1, 0.15) is 30.5 Å². The Bertz CT molecular complexity index is 1070. The van der Waals surface area contributed by atoms with E-state index in [1.165, 1.54) is 0 Å². The van der Waals surface area contributed by atoms with Crippen LogP contribution < -0.4 is 14.2 Å². The zero-order chi connectivity index (χ0) is 22.9. The Labute approximate surface area is 187 Å². The van der Waals surface area contributed by atoms with E-state index in [0.717, 1.165) is 16.9 Å². The molecule has 3 rings (SSSR count). The van der Waals surface area contributed by atoms with Gasteiger partial charge in [-0.3, -0.25) is 0 Å². The van der Waals surface area contributed by atoms with E-state index in [1.807, 2.05) is 36.4 Å².